The van der Waals surface area contributed by atoms with Crippen molar-refractivity contribution in [3.05, 3.63) is 58.3 Å². The lowest BCUT2D eigenvalue weighted by atomic mass is 10.2. The lowest BCUT2D eigenvalue weighted by molar-refractivity contribution is 0.790. The molecule has 0 aliphatic rings. The Bertz CT molecular complexity index is 655. The molecule has 0 amide bonds. The monoisotopic (exact) mass is 271 g/mol. The molecule has 3 heterocycles. The fraction of sp³-hybridized carbons (Fsp3) is 0.267. The van der Waals surface area contributed by atoms with Crippen LogP contribution in [0.4, 0.5) is 0 Å². The zero-order chi connectivity index (χ0) is 13.1. The number of hydrogen-bond donors (Lipinski definition) is 1. The van der Waals surface area contributed by atoms with Crippen molar-refractivity contribution in [1.29, 1.82) is 0 Å². The van der Waals surface area contributed by atoms with Crippen molar-refractivity contribution < 1.29 is 0 Å². The van der Waals surface area contributed by atoms with Crippen LogP contribution in [0.25, 0.3) is 5.52 Å². The van der Waals surface area contributed by atoms with Gasteiger partial charge in [0.1, 0.15) is 5.82 Å². The maximum Gasteiger partial charge on any atom is 0.113 e. The Balaban J connectivity index is 1.90. The molecule has 0 aromatic carbocycles. The van der Waals surface area contributed by atoms with E-state index in [0.717, 1.165) is 30.9 Å². The van der Waals surface area contributed by atoms with E-state index in [1.807, 2.05) is 18.4 Å². The van der Waals surface area contributed by atoms with E-state index in [1.54, 1.807) is 0 Å². The molecular formula is C15H17N3S. The molecular weight excluding hydrogens is 254 g/mol. The van der Waals surface area contributed by atoms with Crippen molar-refractivity contribution in [2.45, 2.75) is 19.4 Å². The maximum atomic E-state index is 4.78. The first-order chi connectivity index (χ1) is 9.38. The highest BCUT2D eigenvalue weighted by Gasteiger charge is 2.09. The molecule has 0 radical (unpaired) electrons. The quantitative estimate of drug-likeness (QED) is 0.773. The average Bonchev–Trinajstić information content (AvgIpc) is 3.06. The Kier molecular flexibility index (Phi) is 3.62. The van der Waals surface area contributed by atoms with Gasteiger partial charge >= 0.3 is 0 Å². The Labute approximate surface area is 116 Å². The summed E-state index contributed by atoms with van der Waals surface area (Å²) in [5.41, 5.74) is 2.34. The SMILES string of the molecule is CNCc1nc(CCc2cccs2)n2ccccc12. The largest absolute Gasteiger partial charge is 0.314 e. The summed E-state index contributed by atoms with van der Waals surface area (Å²) in [6.07, 6.45) is 4.14. The van der Waals surface area contributed by atoms with Gasteiger partial charge in [-0.15, -0.1) is 11.3 Å². The van der Waals surface area contributed by atoms with E-state index in [0.29, 0.717) is 0 Å². The first kappa shape index (κ1) is 12.4. The molecule has 3 nitrogen and oxygen atoms in total. The molecule has 0 aliphatic carbocycles. The molecule has 0 fully saturated rings. The van der Waals surface area contributed by atoms with Crippen molar-refractivity contribution >= 4 is 16.9 Å². The smallest absolute Gasteiger partial charge is 0.113 e. The van der Waals surface area contributed by atoms with Crippen molar-refractivity contribution in [3.63, 3.8) is 0 Å². The molecule has 0 bridgehead atoms. The molecule has 3 rings (SSSR count). The minimum absolute atomic E-state index is 0.812. The first-order valence-corrected chi connectivity index (χ1v) is 7.38. The van der Waals surface area contributed by atoms with Gasteiger partial charge in [-0.25, -0.2) is 4.98 Å². The second kappa shape index (κ2) is 5.55. The number of aromatic nitrogens is 2. The number of imidazole rings is 1. The highest BCUT2D eigenvalue weighted by atomic mass is 32.1. The van der Waals surface area contributed by atoms with Crippen LogP contribution in [0, 0.1) is 0 Å². The Hall–Kier alpha value is -1.65. The zero-order valence-electron chi connectivity index (χ0n) is 11.0. The van der Waals surface area contributed by atoms with Gasteiger partial charge < -0.3 is 9.72 Å². The topological polar surface area (TPSA) is 29.3 Å². The third-order valence-corrected chi connectivity index (χ3v) is 4.15. The number of fused-ring (bicyclic) bond motifs is 1. The summed E-state index contributed by atoms with van der Waals surface area (Å²) >= 11 is 1.82. The number of rotatable bonds is 5. The Morgan fingerprint density at radius 1 is 1.21 bits per heavy atom. The lowest BCUT2D eigenvalue weighted by Crippen LogP contribution is -2.05. The molecule has 0 atom stereocenters. The standard InChI is InChI=1S/C15H17N3S/c1-16-11-13-14-6-2-3-9-18(14)15(17-13)8-7-12-5-4-10-19-12/h2-6,9-10,16H,7-8,11H2,1H3. The van der Waals surface area contributed by atoms with Gasteiger partial charge in [-0.2, -0.15) is 0 Å². The molecule has 19 heavy (non-hydrogen) atoms. The second-order valence-corrected chi connectivity index (χ2v) is 5.57. The summed E-state index contributed by atoms with van der Waals surface area (Å²) in [6, 6.07) is 10.6. The van der Waals surface area contributed by atoms with Gasteiger partial charge in [0.25, 0.3) is 0 Å². The van der Waals surface area contributed by atoms with Crippen LogP contribution in [-0.4, -0.2) is 16.4 Å². The van der Waals surface area contributed by atoms with Crippen molar-refractivity contribution in [2.24, 2.45) is 0 Å². The zero-order valence-corrected chi connectivity index (χ0v) is 11.8. The fourth-order valence-corrected chi connectivity index (χ4v) is 3.04. The predicted octanol–water partition coefficient (Wildman–Crippen LogP) is 2.90. The summed E-state index contributed by atoms with van der Waals surface area (Å²) in [5.74, 6) is 1.15. The number of hydrogen-bond acceptors (Lipinski definition) is 3. The second-order valence-electron chi connectivity index (χ2n) is 4.54. The molecule has 0 saturated heterocycles. The van der Waals surface area contributed by atoms with Crippen molar-refractivity contribution in [1.82, 2.24) is 14.7 Å². The van der Waals surface area contributed by atoms with Crippen LogP contribution in [0.3, 0.4) is 0 Å². The summed E-state index contributed by atoms with van der Waals surface area (Å²) < 4.78 is 2.21. The number of thiophene rings is 1. The summed E-state index contributed by atoms with van der Waals surface area (Å²) in [5, 5.41) is 5.32. The average molecular weight is 271 g/mol. The van der Waals surface area contributed by atoms with Crippen LogP contribution >= 0.6 is 11.3 Å². The van der Waals surface area contributed by atoms with Crippen LogP contribution in [-0.2, 0) is 19.4 Å². The van der Waals surface area contributed by atoms with E-state index in [9.17, 15) is 0 Å². The molecule has 1 N–H and O–H groups in total. The molecule has 0 saturated carbocycles. The van der Waals surface area contributed by atoms with E-state index < -0.39 is 0 Å². The van der Waals surface area contributed by atoms with Crippen LogP contribution in [0.5, 0.6) is 0 Å². The van der Waals surface area contributed by atoms with Crippen LogP contribution < -0.4 is 5.32 Å². The number of pyridine rings is 1. The normalized spacial score (nSPS) is 11.2. The van der Waals surface area contributed by atoms with Gasteiger partial charge in [-0.05, 0) is 37.0 Å². The molecule has 98 valence electrons. The van der Waals surface area contributed by atoms with Crippen LogP contribution in [0.2, 0.25) is 0 Å². The van der Waals surface area contributed by atoms with Gasteiger partial charge in [0.2, 0.25) is 0 Å². The molecule has 0 aliphatic heterocycles. The number of nitrogens with one attached hydrogen (secondary N) is 1. The summed E-state index contributed by atoms with van der Waals surface area (Å²) in [6.45, 7) is 0.812. The number of nitrogens with zero attached hydrogens (tertiary/aromatic N) is 2. The predicted molar refractivity (Wildman–Crippen MR) is 79.7 cm³/mol. The Morgan fingerprint density at radius 2 is 2.16 bits per heavy atom. The molecule has 4 heteroatoms. The third kappa shape index (κ3) is 2.55. The van der Waals surface area contributed by atoms with Gasteiger partial charge in [0, 0.05) is 24.0 Å². The Morgan fingerprint density at radius 3 is 2.95 bits per heavy atom. The summed E-state index contributed by atoms with van der Waals surface area (Å²) in [7, 11) is 1.96. The van der Waals surface area contributed by atoms with E-state index >= 15 is 0 Å². The van der Waals surface area contributed by atoms with Gasteiger partial charge in [-0.3, -0.25) is 0 Å². The first-order valence-electron chi connectivity index (χ1n) is 6.50. The van der Waals surface area contributed by atoms with Crippen LogP contribution in [0.15, 0.2) is 41.9 Å². The van der Waals surface area contributed by atoms with Crippen LogP contribution in [0.1, 0.15) is 16.4 Å². The van der Waals surface area contributed by atoms with E-state index in [-0.39, 0.29) is 0 Å². The molecule has 0 spiro atoms. The van der Waals surface area contributed by atoms with Gasteiger partial charge in [0.15, 0.2) is 0 Å². The third-order valence-electron chi connectivity index (χ3n) is 3.22. The van der Waals surface area contributed by atoms with Crippen molar-refractivity contribution in [2.75, 3.05) is 7.05 Å². The highest BCUT2D eigenvalue weighted by Crippen LogP contribution is 2.16. The fourth-order valence-electron chi connectivity index (χ4n) is 2.33. The minimum Gasteiger partial charge on any atom is -0.314 e. The molecule has 3 aromatic rings. The number of aryl methyl sites for hydroxylation is 2. The lowest BCUT2D eigenvalue weighted by Gasteiger charge is -1.99. The molecule has 3 aromatic heterocycles. The van der Waals surface area contributed by atoms with Gasteiger partial charge in [-0.1, -0.05) is 12.1 Å². The highest BCUT2D eigenvalue weighted by molar-refractivity contribution is 7.09. The van der Waals surface area contributed by atoms with E-state index in [1.165, 1.54) is 10.4 Å². The van der Waals surface area contributed by atoms with E-state index in [2.05, 4.69) is 51.6 Å². The van der Waals surface area contributed by atoms with Crippen molar-refractivity contribution in [3.8, 4) is 0 Å². The minimum atomic E-state index is 0.812. The van der Waals surface area contributed by atoms with Gasteiger partial charge in [0.05, 0.1) is 11.2 Å². The van der Waals surface area contributed by atoms with E-state index in [4.69, 9.17) is 4.98 Å². The molecule has 0 unspecified atom stereocenters. The summed E-state index contributed by atoms with van der Waals surface area (Å²) in [4.78, 5) is 6.20. The maximum absolute atomic E-state index is 4.78.